The predicted molar refractivity (Wildman–Crippen MR) is 93.6 cm³/mol. The first-order valence-corrected chi connectivity index (χ1v) is 7.93. The summed E-state index contributed by atoms with van der Waals surface area (Å²) in [7, 11) is 0. The lowest BCUT2D eigenvalue weighted by molar-refractivity contribution is 0.628. The highest BCUT2D eigenvalue weighted by Crippen LogP contribution is 2.33. The summed E-state index contributed by atoms with van der Waals surface area (Å²) < 4.78 is 13.0. The number of halogens is 1. The van der Waals surface area contributed by atoms with E-state index in [0.717, 1.165) is 30.0 Å². The number of hydrogen-bond acceptors (Lipinski definition) is 4. The first-order valence-electron chi connectivity index (χ1n) is 7.93. The quantitative estimate of drug-likeness (QED) is 0.778. The summed E-state index contributed by atoms with van der Waals surface area (Å²) >= 11 is 0. The van der Waals surface area contributed by atoms with E-state index in [9.17, 15) is 4.39 Å². The van der Waals surface area contributed by atoms with Crippen molar-refractivity contribution in [3.63, 3.8) is 0 Å². The number of aromatic nitrogens is 2. The van der Waals surface area contributed by atoms with Crippen molar-refractivity contribution in [3.8, 4) is 0 Å². The topological polar surface area (TPSA) is 41.1 Å². The number of hydrogen-bond donors (Lipinski definition) is 1. The van der Waals surface area contributed by atoms with Crippen LogP contribution in [-0.2, 0) is 6.42 Å². The molecule has 2 aromatic carbocycles. The average molecular weight is 320 g/mol. The molecule has 4 rings (SSSR count). The number of aryl methyl sites for hydroxylation is 1. The van der Waals surface area contributed by atoms with Crippen molar-refractivity contribution in [2.45, 2.75) is 13.3 Å². The highest BCUT2D eigenvalue weighted by atomic mass is 19.1. The maximum absolute atomic E-state index is 13.0. The van der Waals surface area contributed by atoms with E-state index in [2.05, 4.69) is 38.4 Å². The van der Waals surface area contributed by atoms with Crippen molar-refractivity contribution in [2.75, 3.05) is 16.8 Å². The molecule has 0 aliphatic carbocycles. The minimum Gasteiger partial charge on any atom is -0.340 e. The van der Waals surface area contributed by atoms with Crippen molar-refractivity contribution in [1.29, 1.82) is 0 Å². The normalized spacial score (nSPS) is 13.0. The summed E-state index contributed by atoms with van der Waals surface area (Å²) in [5, 5.41) is 3.22. The number of nitrogens with zero attached hydrogens (tertiary/aromatic N) is 3. The van der Waals surface area contributed by atoms with Gasteiger partial charge < -0.3 is 10.2 Å². The minimum atomic E-state index is -0.256. The van der Waals surface area contributed by atoms with Crippen molar-refractivity contribution in [2.24, 2.45) is 0 Å². The van der Waals surface area contributed by atoms with Gasteiger partial charge in [-0.3, -0.25) is 0 Å². The summed E-state index contributed by atoms with van der Waals surface area (Å²) in [4.78, 5) is 11.4. The molecule has 0 atom stereocenters. The van der Waals surface area contributed by atoms with E-state index in [4.69, 9.17) is 0 Å². The van der Waals surface area contributed by atoms with Crippen LogP contribution in [0.1, 0.15) is 11.3 Å². The van der Waals surface area contributed by atoms with Crippen molar-refractivity contribution in [1.82, 2.24) is 9.97 Å². The van der Waals surface area contributed by atoms with Gasteiger partial charge in [0.2, 0.25) is 5.95 Å². The monoisotopic (exact) mass is 320 g/mol. The molecule has 2 heterocycles. The van der Waals surface area contributed by atoms with Crippen LogP contribution in [0.25, 0.3) is 0 Å². The number of rotatable bonds is 3. The van der Waals surface area contributed by atoms with E-state index < -0.39 is 0 Å². The molecule has 0 fully saturated rings. The van der Waals surface area contributed by atoms with Gasteiger partial charge in [-0.15, -0.1) is 0 Å². The Balaban J connectivity index is 1.66. The van der Waals surface area contributed by atoms with Crippen molar-refractivity contribution in [3.05, 3.63) is 71.7 Å². The van der Waals surface area contributed by atoms with E-state index >= 15 is 0 Å². The van der Waals surface area contributed by atoms with E-state index in [1.54, 1.807) is 12.1 Å². The predicted octanol–water partition coefficient (Wildman–Crippen LogP) is 4.36. The summed E-state index contributed by atoms with van der Waals surface area (Å²) in [5.74, 6) is 1.13. The maximum atomic E-state index is 13.0. The van der Waals surface area contributed by atoms with Crippen LogP contribution in [0.5, 0.6) is 0 Å². The standard InChI is InChI=1S/C19H17FN4/c1-13-12-18(22-16-8-6-15(20)7-9-16)23-19(21-13)24-11-10-14-4-2-3-5-17(14)24/h2-9,12H,10-11H2,1H3,(H,21,22,23). The molecule has 3 aromatic rings. The Morgan fingerprint density at radius 1 is 1.04 bits per heavy atom. The van der Waals surface area contributed by atoms with Gasteiger partial charge in [0.25, 0.3) is 0 Å². The molecule has 120 valence electrons. The fourth-order valence-electron chi connectivity index (χ4n) is 2.96. The Morgan fingerprint density at radius 3 is 2.67 bits per heavy atom. The number of benzene rings is 2. The number of anilines is 4. The van der Waals surface area contributed by atoms with Gasteiger partial charge in [0.15, 0.2) is 0 Å². The van der Waals surface area contributed by atoms with Gasteiger partial charge in [0, 0.05) is 29.7 Å². The van der Waals surface area contributed by atoms with Crippen LogP contribution in [0, 0.1) is 12.7 Å². The summed E-state index contributed by atoms with van der Waals surface area (Å²) in [6.45, 7) is 2.82. The van der Waals surface area contributed by atoms with Crippen LogP contribution in [-0.4, -0.2) is 16.5 Å². The van der Waals surface area contributed by atoms with Gasteiger partial charge in [-0.1, -0.05) is 18.2 Å². The first-order chi connectivity index (χ1) is 11.7. The number of fused-ring (bicyclic) bond motifs is 1. The van der Waals surface area contributed by atoms with Gasteiger partial charge >= 0.3 is 0 Å². The molecule has 5 heteroatoms. The molecular weight excluding hydrogens is 303 g/mol. The molecule has 1 aliphatic rings. The lowest BCUT2D eigenvalue weighted by Crippen LogP contribution is -2.17. The van der Waals surface area contributed by atoms with E-state index in [1.165, 1.54) is 17.7 Å². The second kappa shape index (κ2) is 5.92. The smallest absolute Gasteiger partial charge is 0.232 e. The summed E-state index contributed by atoms with van der Waals surface area (Å²) in [5.41, 5.74) is 4.16. The molecule has 4 nitrogen and oxygen atoms in total. The zero-order valence-corrected chi connectivity index (χ0v) is 13.3. The van der Waals surface area contributed by atoms with Crippen LogP contribution in [0.15, 0.2) is 54.6 Å². The van der Waals surface area contributed by atoms with E-state index in [-0.39, 0.29) is 5.82 Å². The molecule has 0 saturated heterocycles. The van der Waals surface area contributed by atoms with Crippen LogP contribution in [0.4, 0.5) is 27.5 Å². The molecule has 1 aliphatic heterocycles. The molecule has 24 heavy (non-hydrogen) atoms. The Morgan fingerprint density at radius 2 is 1.83 bits per heavy atom. The zero-order chi connectivity index (χ0) is 16.5. The highest BCUT2D eigenvalue weighted by molar-refractivity contribution is 5.67. The minimum absolute atomic E-state index is 0.256. The maximum Gasteiger partial charge on any atom is 0.232 e. The van der Waals surface area contributed by atoms with Gasteiger partial charge in [-0.05, 0) is 49.2 Å². The van der Waals surface area contributed by atoms with Gasteiger partial charge in [-0.25, -0.2) is 9.37 Å². The van der Waals surface area contributed by atoms with Gasteiger partial charge in [0.1, 0.15) is 11.6 Å². The zero-order valence-electron chi connectivity index (χ0n) is 13.3. The Hall–Kier alpha value is -2.95. The second-order valence-corrected chi connectivity index (χ2v) is 5.86. The molecular formula is C19H17FN4. The molecule has 0 spiro atoms. The third-order valence-electron chi connectivity index (χ3n) is 4.09. The van der Waals surface area contributed by atoms with Crippen LogP contribution in [0.3, 0.4) is 0 Å². The highest BCUT2D eigenvalue weighted by Gasteiger charge is 2.22. The number of nitrogens with one attached hydrogen (secondary N) is 1. The Bertz CT molecular complexity index is 877. The number of para-hydroxylation sites is 1. The van der Waals surface area contributed by atoms with E-state index in [1.807, 2.05) is 19.1 Å². The lowest BCUT2D eigenvalue weighted by Gasteiger charge is -2.18. The molecule has 0 bridgehead atoms. The van der Waals surface area contributed by atoms with Crippen LogP contribution >= 0.6 is 0 Å². The molecule has 1 aromatic heterocycles. The second-order valence-electron chi connectivity index (χ2n) is 5.86. The Kier molecular flexibility index (Phi) is 3.61. The lowest BCUT2D eigenvalue weighted by atomic mass is 10.2. The molecule has 0 radical (unpaired) electrons. The fourth-order valence-corrected chi connectivity index (χ4v) is 2.96. The third-order valence-corrected chi connectivity index (χ3v) is 4.09. The SMILES string of the molecule is Cc1cc(Nc2ccc(F)cc2)nc(N2CCc3ccccc32)n1. The molecule has 1 N–H and O–H groups in total. The first kappa shape index (κ1) is 14.6. The van der Waals surface area contributed by atoms with Crippen LogP contribution in [0.2, 0.25) is 0 Å². The molecule has 0 saturated carbocycles. The van der Waals surface area contributed by atoms with Crippen molar-refractivity contribution < 1.29 is 4.39 Å². The third kappa shape index (κ3) is 2.80. The van der Waals surface area contributed by atoms with Crippen LogP contribution < -0.4 is 10.2 Å². The van der Waals surface area contributed by atoms with E-state index in [0.29, 0.717) is 11.8 Å². The molecule has 0 amide bonds. The largest absolute Gasteiger partial charge is 0.340 e. The summed E-state index contributed by atoms with van der Waals surface area (Å²) in [6.07, 6.45) is 0.994. The average Bonchev–Trinajstić information content (AvgIpc) is 3.01. The molecule has 0 unspecified atom stereocenters. The Labute approximate surface area is 140 Å². The summed E-state index contributed by atoms with van der Waals surface area (Å²) in [6, 6.07) is 16.4. The van der Waals surface area contributed by atoms with Gasteiger partial charge in [0.05, 0.1) is 0 Å². The van der Waals surface area contributed by atoms with Gasteiger partial charge in [-0.2, -0.15) is 4.98 Å². The van der Waals surface area contributed by atoms with Crippen molar-refractivity contribution >= 4 is 23.1 Å². The fraction of sp³-hybridized carbons (Fsp3) is 0.158.